The van der Waals surface area contributed by atoms with Gasteiger partial charge in [0, 0.05) is 6.04 Å². The van der Waals surface area contributed by atoms with E-state index in [2.05, 4.69) is 24.0 Å². The molecule has 0 aromatic heterocycles. The van der Waals surface area contributed by atoms with Gasteiger partial charge < -0.3 is 10.5 Å². The van der Waals surface area contributed by atoms with Crippen LogP contribution in [0.5, 0.6) is 5.75 Å². The summed E-state index contributed by atoms with van der Waals surface area (Å²) in [5.74, 6) is 0.960. The summed E-state index contributed by atoms with van der Waals surface area (Å²) in [6.45, 7) is 5.97. The van der Waals surface area contributed by atoms with Crippen molar-refractivity contribution >= 4 is 0 Å². The van der Waals surface area contributed by atoms with Crippen molar-refractivity contribution < 1.29 is 4.74 Å². The molecule has 1 saturated heterocycles. The van der Waals surface area contributed by atoms with E-state index in [4.69, 9.17) is 10.5 Å². The highest BCUT2D eigenvalue weighted by atomic mass is 16.5. The molecule has 2 rings (SSSR count). The summed E-state index contributed by atoms with van der Waals surface area (Å²) in [6.07, 6.45) is 3.64. The molecule has 1 aliphatic heterocycles. The smallest absolute Gasteiger partial charge is 0.119 e. The second-order valence-electron chi connectivity index (χ2n) is 5.10. The Kier molecular flexibility index (Phi) is 5.02. The number of hydrogen-bond acceptors (Lipinski definition) is 3. The molecule has 2 N–H and O–H groups in total. The van der Waals surface area contributed by atoms with Gasteiger partial charge in [-0.1, -0.05) is 17.7 Å². The molecule has 1 aromatic rings. The maximum atomic E-state index is 5.89. The Morgan fingerprint density at radius 3 is 2.50 bits per heavy atom. The van der Waals surface area contributed by atoms with Crippen molar-refractivity contribution in [1.29, 1.82) is 0 Å². The molecule has 1 aromatic carbocycles. The van der Waals surface area contributed by atoms with Crippen molar-refractivity contribution in [2.24, 2.45) is 5.73 Å². The monoisotopic (exact) mass is 248 g/mol. The molecule has 3 heteroatoms. The zero-order valence-corrected chi connectivity index (χ0v) is 11.3. The van der Waals surface area contributed by atoms with Crippen LogP contribution in [0.4, 0.5) is 0 Å². The fourth-order valence-corrected chi connectivity index (χ4v) is 2.50. The fraction of sp³-hybridized carbons (Fsp3) is 0.600. The van der Waals surface area contributed by atoms with Crippen molar-refractivity contribution in [2.45, 2.75) is 32.2 Å². The van der Waals surface area contributed by atoms with Crippen LogP contribution in [-0.2, 0) is 0 Å². The van der Waals surface area contributed by atoms with Gasteiger partial charge in [0.2, 0.25) is 0 Å². The first kappa shape index (κ1) is 13.4. The molecule has 0 spiro atoms. The summed E-state index contributed by atoms with van der Waals surface area (Å²) in [7, 11) is 0. The lowest BCUT2D eigenvalue weighted by molar-refractivity contribution is 0.154. The lowest BCUT2D eigenvalue weighted by Crippen LogP contribution is -2.39. The zero-order valence-electron chi connectivity index (χ0n) is 11.3. The van der Waals surface area contributed by atoms with Crippen molar-refractivity contribution in [1.82, 2.24) is 4.90 Å². The third-order valence-corrected chi connectivity index (χ3v) is 3.62. The molecule has 1 unspecified atom stereocenters. The first-order valence-corrected chi connectivity index (χ1v) is 6.93. The lowest BCUT2D eigenvalue weighted by Gasteiger charge is -2.27. The summed E-state index contributed by atoms with van der Waals surface area (Å²) in [5, 5.41) is 0. The second-order valence-corrected chi connectivity index (χ2v) is 5.10. The number of likely N-dealkylation sites (tertiary alicyclic amines) is 1. The Morgan fingerprint density at radius 2 is 1.89 bits per heavy atom. The van der Waals surface area contributed by atoms with Gasteiger partial charge in [-0.3, -0.25) is 4.90 Å². The average molecular weight is 248 g/mol. The van der Waals surface area contributed by atoms with Gasteiger partial charge in [0.1, 0.15) is 12.4 Å². The Morgan fingerprint density at radius 1 is 1.22 bits per heavy atom. The third kappa shape index (κ3) is 3.72. The van der Waals surface area contributed by atoms with Gasteiger partial charge in [-0.2, -0.15) is 0 Å². The predicted octanol–water partition coefficient (Wildman–Crippen LogP) is 2.19. The minimum atomic E-state index is 0.471. The zero-order chi connectivity index (χ0) is 12.8. The largest absolute Gasteiger partial charge is 0.492 e. The van der Waals surface area contributed by atoms with Crippen LogP contribution in [0.15, 0.2) is 24.3 Å². The summed E-state index contributed by atoms with van der Waals surface area (Å²) >= 11 is 0. The number of hydrogen-bond donors (Lipinski definition) is 1. The summed E-state index contributed by atoms with van der Waals surface area (Å²) in [4.78, 5) is 2.51. The number of benzene rings is 1. The molecule has 0 aliphatic carbocycles. The fourth-order valence-electron chi connectivity index (χ4n) is 2.50. The van der Waals surface area contributed by atoms with Crippen LogP contribution in [0.1, 0.15) is 24.8 Å². The van der Waals surface area contributed by atoms with Crippen molar-refractivity contribution in [3.05, 3.63) is 29.8 Å². The molecular weight excluding hydrogens is 224 g/mol. The van der Waals surface area contributed by atoms with Gasteiger partial charge in [-0.15, -0.1) is 0 Å². The van der Waals surface area contributed by atoms with Gasteiger partial charge in [-0.25, -0.2) is 0 Å². The van der Waals surface area contributed by atoms with Crippen molar-refractivity contribution in [3.63, 3.8) is 0 Å². The van der Waals surface area contributed by atoms with E-state index in [-0.39, 0.29) is 0 Å². The third-order valence-electron chi connectivity index (χ3n) is 3.62. The second kappa shape index (κ2) is 6.76. The highest BCUT2D eigenvalue weighted by Crippen LogP contribution is 2.17. The average Bonchev–Trinajstić information content (AvgIpc) is 2.90. The minimum absolute atomic E-state index is 0.471. The molecular formula is C15H24N2O. The van der Waals surface area contributed by atoms with Crippen LogP contribution in [0.3, 0.4) is 0 Å². The van der Waals surface area contributed by atoms with Gasteiger partial charge in [0.05, 0.1) is 0 Å². The Balaban J connectivity index is 1.86. The molecule has 1 aliphatic rings. The van der Waals surface area contributed by atoms with Gasteiger partial charge in [0.25, 0.3) is 0 Å². The van der Waals surface area contributed by atoms with E-state index < -0.39 is 0 Å². The van der Waals surface area contributed by atoms with E-state index in [1.807, 2.05) is 12.1 Å². The number of ether oxygens (including phenoxy) is 1. The highest BCUT2D eigenvalue weighted by molar-refractivity contribution is 5.26. The molecule has 1 fully saturated rings. The van der Waals surface area contributed by atoms with E-state index in [1.54, 1.807) is 0 Å². The van der Waals surface area contributed by atoms with E-state index in [9.17, 15) is 0 Å². The van der Waals surface area contributed by atoms with E-state index in [1.165, 1.54) is 31.5 Å². The number of nitrogens with two attached hydrogens (primary N) is 1. The molecule has 1 heterocycles. The topological polar surface area (TPSA) is 38.5 Å². The van der Waals surface area contributed by atoms with E-state index >= 15 is 0 Å². The normalized spacial score (nSPS) is 17.9. The molecule has 18 heavy (non-hydrogen) atoms. The van der Waals surface area contributed by atoms with Crippen LogP contribution in [0.25, 0.3) is 0 Å². The molecule has 0 bridgehead atoms. The van der Waals surface area contributed by atoms with Crippen molar-refractivity contribution in [3.8, 4) is 5.75 Å². The van der Waals surface area contributed by atoms with Gasteiger partial charge in [0.15, 0.2) is 0 Å². The summed E-state index contributed by atoms with van der Waals surface area (Å²) in [5.41, 5.74) is 6.97. The minimum Gasteiger partial charge on any atom is -0.492 e. The highest BCUT2D eigenvalue weighted by Gasteiger charge is 2.21. The van der Waals surface area contributed by atoms with E-state index in [0.29, 0.717) is 6.04 Å². The van der Waals surface area contributed by atoms with Crippen LogP contribution in [0, 0.1) is 6.92 Å². The van der Waals surface area contributed by atoms with Gasteiger partial charge in [-0.05, 0) is 58.0 Å². The van der Waals surface area contributed by atoms with Gasteiger partial charge >= 0.3 is 0 Å². The molecule has 3 nitrogen and oxygen atoms in total. The Labute approximate surface area is 110 Å². The SMILES string of the molecule is Cc1ccc(OCC(CCN)N2CCCC2)cc1. The standard InChI is InChI=1S/C15H24N2O/c1-13-4-6-15(7-5-13)18-12-14(8-9-16)17-10-2-3-11-17/h4-7,14H,2-3,8-12,16H2,1H3. The molecule has 0 amide bonds. The quantitative estimate of drug-likeness (QED) is 0.838. The Bertz CT molecular complexity index is 344. The predicted molar refractivity (Wildman–Crippen MR) is 74.9 cm³/mol. The first-order chi connectivity index (χ1) is 8.79. The van der Waals surface area contributed by atoms with Crippen LogP contribution in [-0.4, -0.2) is 37.2 Å². The molecule has 1 atom stereocenters. The summed E-state index contributed by atoms with van der Waals surface area (Å²) in [6, 6.07) is 8.72. The van der Waals surface area contributed by atoms with Crippen LogP contribution in [0.2, 0.25) is 0 Å². The maximum absolute atomic E-state index is 5.89. The van der Waals surface area contributed by atoms with Crippen molar-refractivity contribution in [2.75, 3.05) is 26.2 Å². The maximum Gasteiger partial charge on any atom is 0.119 e. The summed E-state index contributed by atoms with van der Waals surface area (Å²) < 4.78 is 5.89. The Hall–Kier alpha value is -1.06. The number of aryl methyl sites for hydroxylation is 1. The molecule has 0 saturated carbocycles. The number of rotatable bonds is 6. The van der Waals surface area contributed by atoms with Crippen LogP contribution < -0.4 is 10.5 Å². The first-order valence-electron chi connectivity index (χ1n) is 6.93. The lowest BCUT2D eigenvalue weighted by atomic mass is 10.2. The van der Waals surface area contributed by atoms with Crippen LogP contribution >= 0.6 is 0 Å². The molecule has 100 valence electrons. The number of nitrogens with zero attached hydrogens (tertiary/aromatic N) is 1. The van der Waals surface area contributed by atoms with E-state index in [0.717, 1.165) is 25.3 Å². The molecule has 0 radical (unpaired) electrons.